The molecule has 1 heterocycles. The molecule has 1 aliphatic heterocycles. The van der Waals surface area contributed by atoms with E-state index in [9.17, 15) is 4.79 Å². The number of hydrogen-bond donors (Lipinski definition) is 0. The minimum atomic E-state index is -0.0603. The number of benzene rings is 2. The van der Waals surface area contributed by atoms with Crippen molar-refractivity contribution in [2.45, 2.75) is 20.8 Å². The van der Waals surface area contributed by atoms with E-state index in [-0.39, 0.29) is 5.91 Å². The van der Waals surface area contributed by atoms with Gasteiger partial charge in [0.15, 0.2) is 4.32 Å². The topological polar surface area (TPSA) is 20.3 Å². The number of allylic oxidation sites excluding steroid dienone is 1. The minimum absolute atomic E-state index is 0.0603. The van der Waals surface area contributed by atoms with Crippen LogP contribution in [0.25, 0.3) is 5.57 Å². The van der Waals surface area contributed by atoms with E-state index >= 15 is 0 Å². The second-order valence-corrected chi connectivity index (χ2v) is 7.79. The maximum atomic E-state index is 13.0. The number of thioether (sulfide) groups is 1. The summed E-state index contributed by atoms with van der Waals surface area (Å²) in [5.74, 6) is -0.0603. The van der Waals surface area contributed by atoms with Crippen molar-refractivity contribution in [3.8, 4) is 0 Å². The maximum absolute atomic E-state index is 13.0. The average molecular weight is 374 g/mol. The van der Waals surface area contributed by atoms with Crippen LogP contribution >= 0.6 is 35.6 Å². The minimum Gasteiger partial charge on any atom is -0.268 e. The first kappa shape index (κ1) is 17.2. The van der Waals surface area contributed by atoms with E-state index in [1.54, 1.807) is 4.90 Å². The lowest BCUT2D eigenvalue weighted by atomic mass is 10.1. The summed E-state index contributed by atoms with van der Waals surface area (Å²) in [5, 5.41) is 0.676. The molecule has 5 heteroatoms. The molecule has 0 unspecified atom stereocenters. The van der Waals surface area contributed by atoms with Crippen LogP contribution in [0, 0.1) is 13.8 Å². The zero-order valence-corrected chi connectivity index (χ0v) is 16.0. The van der Waals surface area contributed by atoms with Crippen LogP contribution in [0.1, 0.15) is 23.6 Å². The molecule has 3 rings (SSSR count). The first-order valence-electron chi connectivity index (χ1n) is 7.49. The third-order valence-electron chi connectivity index (χ3n) is 4.05. The molecule has 0 aliphatic carbocycles. The van der Waals surface area contributed by atoms with E-state index < -0.39 is 0 Å². The summed E-state index contributed by atoms with van der Waals surface area (Å²) in [4.78, 5) is 15.4. The molecule has 1 fully saturated rings. The number of amides is 1. The molecule has 0 N–H and O–H groups in total. The number of rotatable bonds is 2. The lowest BCUT2D eigenvalue weighted by molar-refractivity contribution is -0.113. The fourth-order valence-electron chi connectivity index (χ4n) is 2.78. The highest BCUT2D eigenvalue weighted by molar-refractivity contribution is 8.27. The van der Waals surface area contributed by atoms with Crippen molar-refractivity contribution in [3.63, 3.8) is 0 Å². The van der Waals surface area contributed by atoms with Crippen LogP contribution in [0.3, 0.4) is 0 Å². The zero-order chi connectivity index (χ0) is 17.4. The van der Waals surface area contributed by atoms with E-state index in [0.717, 1.165) is 28.0 Å². The van der Waals surface area contributed by atoms with Crippen molar-refractivity contribution in [1.29, 1.82) is 0 Å². The number of carbonyl (C=O) groups is 1. The van der Waals surface area contributed by atoms with Gasteiger partial charge in [0, 0.05) is 5.02 Å². The van der Waals surface area contributed by atoms with Crippen LogP contribution in [0.4, 0.5) is 5.69 Å². The number of halogens is 1. The van der Waals surface area contributed by atoms with Crippen LogP contribution in [0.5, 0.6) is 0 Å². The molecule has 0 radical (unpaired) electrons. The van der Waals surface area contributed by atoms with E-state index in [1.807, 2.05) is 63.2 Å². The number of para-hydroxylation sites is 1. The Morgan fingerprint density at radius 2 is 1.67 bits per heavy atom. The highest BCUT2D eigenvalue weighted by Crippen LogP contribution is 2.41. The van der Waals surface area contributed by atoms with Crippen molar-refractivity contribution in [1.82, 2.24) is 0 Å². The molecule has 0 bridgehead atoms. The fourth-order valence-corrected chi connectivity index (χ4v) is 4.22. The molecule has 1 amide bonds. The van der Waals surface area contributed by atoms with Crippen molar-refractivity contribution >= 4 is 57.1 Å². The standard InChI is InChI=1S/C19H16ClNOS2/c1-11-5-4-6-12(2)16(11)21-18(22)17(24-19(21)23)13(3)14-7-9-15(20)10-8-14/h4-10H,1-3H3/b17-13-. The smallest absolute Gasteiger partial charge is 0.268 e. The van der Waals surface area contributed by atoms with Crippen LogP contribution in [0.2, 0.25) is 5.02 Å². The lowest BCUT2D eigenvalue weighted by Gasteiger charge is -2.19. The Hall–Kier alpha value is -1.62. The van der Waals surface area contributed by atoms with Crippen LogP contribution < -0.4 is 4.90 Å². The Balaban J connectivity index is 2.06. The summed E-state index contributed by atoms with van der Waals surface area (Å²) in [7, 11) is 0. The molecule has 0 aromatic heterocycles. The fraction of sp³-hybridized carbons (Fsp3) is 0.158. The van der Waals surface area contributed by atoms with Crippen LogP contribution in [-0.2, 0) is 4.79 Å². The molecule has 1 saturated heterocycles. The largest absolute Gasteiger partial charge is 0.271 e. The van der Waals surface area contributed by atoms with Gasteiger partial charge in [0.05, 0.1) is 10.6 Å². The summed E-state index contributed by atoms with van der Waals surface area (Å²) in [6, 6.07) is 13.5. The molecule has 2 aromatic carbocycles. The number of hydrogen-bond acceptors (Lipinski definition) is 3. The van der Waals surface area contributed by atoms with Crippen LogP contribution in [0.15, 0.2) is 47.4 Å². The second kappa shape index (κ2) is 6.71. The molecule has 1 aliphatic rings. The Bertz CT molecular complexity index is 851. The number of thiocarbonyl (C=S) groups is 1. The van der Waals surface area contributed by atoms with Crippen molar-refractivity contribution in [2.75, 3.05) is 4.90 Å². The van der Waals surface area contributed by atoms with Crippen molar-refractivity contribution < 1.29 is 4.79 Å². The van der Waals surface area contributed by atoms with Gasteiger partial charge in [0.1, 0.15) is 0 Å². The van der Waals surface area contributed by atoms with E-state index in [1.165, 1.54) is 11.8 Å². The van der Waals surface area contributed by atoms with E-state index in [0.29, 0.717) is 14.2 Å². The first-order valence-corrected chi connectivity index (χ1v) is 9.09. The molecule has 2 aromatic rings. The third kappa shape index (κ3) is 3.02. The molecule has 122 valence electrons. The SMILES string of the molecule is C/C(=C1/SC(=S)N(c2c(C)cccc2C)C1=O)c1ccc(Cl)cc1. The van der Waals surface area contributed by atoms with Gasteiger partial charge in [-0.3, -0.25) is 9.69 Å². The molecule has 24 heavy (non-hydrogen) atoms. The molecule has 2 nitrogen and oxygen atoms in total. The predicted octanol–water partition coefficient (Wildman–Crippen LogP) is 5.75. The van der Waals surface area contributed by atoms with Gasteiger partial charge < -0.3 is 0 Å². The van der Waals surface area contributed by atoms with E-state index in [2.05, 4.69) is 0 Å². The number of carbonyl (C=O) groups excluding carboxylic acids is 1. The lowest BCUT2D eigenvalue weighted by Crippen LogP contribution is -2.29. The zero-order valence-electron chi connectivity index (χ0n) is 13.6. The quantitative estimate of drug-likeness (QED) is 0.493. The van der Waals surface area contributed by atoms with Gasteiger partial charge in [-0.2, -0.15) is 0 Å². The monoisotopic (exact) mass is 373 g/mol. The van der Waals surface area contributed by atoms with Gasteiger partial charge >= 0.3 is 0 Å². The number of aryl methyl sites for hydroxylation is 2. The highest BCUT2D eigenvalue weighted by Gasteiger charge is 2.36. The Morgan fingerprint density at radius 3 is 2.25 bits per heavy atom. The van der Waals surface area contributed by atoms with Gasteiger partial charge in [-0.1, -0.05) is 65.9 Å². The Kier molecular flexibility index (Phi) is 4.81. The molecule has 0 atom stereocenters. The normalized spacial score (nSPS) is 16.8. The van der Waals surface area contributed by atoms with Crippen LogP contribution in [-0.4, -0.2) is 10.2 Å². The van der Waals surface area contributed by atoms with Gasteiger partial charge in [-0.15, -0.1) is 0 Å². The second-order valence-electron chi connectivity index (χ2n) is 5.71. The van der Waals surface area contributed by atoms with Gasteiger partial charge in [0.25, 0.3) is 5.91 Å². The van der Waals surface area contributed by atoms with E-state index in [4.69, 9.17) is 23.8 Å². The van der Waals surface area contributed by atoms with Gasteiger partial charge in [-0.25, -0.2) is 0 Å². The van der Waals surface area contributed by atoms with Crippen molar-refractivity contribution in [3.05, 3.63) is 69.1 Å². The summed E-state index contributed by atoms with van der Waals surface area (Å²) in [6.07, 6.45) is 0. The maximum Gasteiger partial charge on any atom is 0.271 e. The number of anilines is 1. The first-order chi connectivity index (χ1) is 11.4. The molecular formula is C19H16ClNOS2. The molecule has 0 saturated carbocycles. The van der Waals surface area contributed by atoms with Gasteiger partial charge in [-0.05, 0) is 55.2 Å². The molecule has 0 spiro atoms. The third-order valence-corrected chi connectivity index (χ3v) is 5.78. The highest BCUT2D eigenvalue weighted by atomic mass is 35.5. The average Bonchev–Trinajstić information content (AvgIpc) is 2.83. The predicted molar refractivity (Wildman–Crippen MR) is 108 cm³/mol. The summed E-state index contributed by atoms with van der Waals surface area (Å²) >= 11 is 12.8. The molecular weight excluding hydrogens is 358 g/mol. The summed E-state index contributed by atoms with van der Waals surface area (Å²) < 4.78 is 0.570. The number of nitrogens with zero attached hydrogens (tertiary/aromatic N) is 1. The Morgan fingerprint density at radius 1 is 1.08 bits per heavy atom. The Labute approximate surface area is 156 Å². The summed E-state index contributed by atoms with van der Waals surface area (Å²) in [5.41, 5.74) is 4.85. The summed E-state index contributed by atoms with van der Waals surface area (Å²) in [6.45, 7) is 5.94. The van der Waals surface area contributed by atoms with Gasteiger partial charge in [0.2, 0.25) is 0 Å². The van der Waals surface area contributed by atoms with Crippen molar-refractivity contribution in [2.24, 2.45) is 0 Å².